The van der Waals surface area contributed by atoms with Gasteiger partial charge in [0.1, 0.15) is 0 Å². The summed E-state index contributed by atoms with van der Waals surface area (Å²) in [4.78, 5) is 0. The van der Waals surface area contributed by atoms with Crippen LogP contribution >= 0.6 is 38.9 Å². The predicted octanol–water partition coefficient (Wildman–Crippen LogP) is 4.39. The quantitative estimate of drug-likeness (QED) is 0.874. The molecule has 2 N–H and O–H groups in total. The van der Waals surface area contributed by atoms with Gasteiger partial charge in [0.05, 0.1) is 5.54 Å². The van der Waals surface area contributed by atoms with Gasteiger partial charge < -0.3 is 5.73 Å². The molecular formula is C12H11BrClNS. The maximum atomic E-state index is 6.39. The normalized spacial score (nSPS) is 14.8. The van der Waals surface area contributed by atoms with Gasteiger partial charge in [0.2, 0.25) is 0 Å². The zero-order valence-corrected chi connectivity index (χ0v) is 11.9. The molecular weight excluding hydrogens is 306 g/mol. The van der Waals surface area contributed by atoms with Crippen LogP contribution < -0.4 is 5.73 Å². The van der Waals surface area contributed by atoms with E-state index in [-0.39, 0.29) is 0 Å². The van der Waals surface area contributed by atoms with E-state index in [2.05, 4.69) is 21.3 Å². The molecule has 1 heterocycles. The van der Waals surface area contributed by atoms with E-state index in [0.29, 0.717) is 5.02 Å². The van der Waals surface area contributed by atoms with Crippen molar-refractivity contribution in [3.05, 3.63) is 55.6 Å². The molecule has 2 rings (SSSR count). The molecule has 0 aliphatic heterocycles. The van der Waals surface area contributed by atoms with Gasteiger partial charge in [-0.2, -0.15) is 11.3 Å². The Bertz CT molecular complexity index is 507. The van der Waals surface area contributed by atoms with Crippen LogP contribution in [-0.2, 0) is 5.54 Å². The monoisotopic (exact) mass is 315 g/mol. The van der Waals surface area contributed by atoms with Gasteiger partial charge in [-0.3, -0.25) is 0 Å². The Kier molecular flexibility index (Phi) is 3.40. The van der Waals surface area contributed by atoms with Gasteiger partial charge >= 0.3 is 0 Å². The fourth-order valence-corrected chi connectivity index (χ4v) is 3.63. The van der Waals surface area contributed by atoms with Crippen LogP contribution in [0.15, 0.2) is 39.5 Å². The second kappa shape index (κ2) is 4.49. The lowest BCUT2D eigenvalue weighted by molar-refractivity contribution is 0.603. The largest absolute Gasteiger partial charge is 0.318 e. The molecule has 0 amide bonds. The fraction of sp³-hybridized carbons (Fsp3) is 0.167. The van der Waals surface area contributed by atoms with Crippen molar-refractivity contribution in [2.45, 2.75) is 12.5 Å². The highest BCUT2D eigenvalue weighted by atomic mass is 79.9. The molecule has 4 heteroatoms. The minimum absolute atomic E-state index is 0.524. The number of hydrogen-bond donors (Lipinski definition) is 1. The highest BCUT2D eigenvalue weighted by molar-refractivity contribution is 9.10. The lowest BCUT2D eigenvalue weighted by Gasteiger charge is -2.25. The molecule has 1 unspecified atom stereocenters. The van der Waals surface area contributed by atoms with Gasteiger partial charge in [0, 0.05) is 20.4 Å². The molecule has 1 atom stereocenters. The number of halogens is 2. The zero-order valence-electron chi connectivity index (χ0n) is 8.71. The molecule has 0 aliphatic rings. The zero-order chi connectivity index (χ0) is 11.8. The standard InChI is InChI=1S/C12H11BrClNS/c1-12(15,10-6-16-7-11(10)13)8-3-2-4-9(14)5-8/h2-7H,15H2,1H3. The van der Waals surface area contributed by atoms with Crippen molar-refractivity contribution in [3.63, 3.8) is 0 Å². The van der Waals surface area contributed by atoms with Gasteiger partial charge in [-0.1, -0.05) is 23.7 Å². The first-order chi connectivity index (χ1) is 7.51. The van der Waals surface area contributed by atoms with E-state index in [1.807, 2.05) is 36.6 Å². The summed E-state index contributed by atoms with van der Waals surface area (Å²) in [7, 11) is 0. The lowest BCUT2D eigenvalue weighted by atomic mass is 9.87. The summed E-state index contributed by atoms with van der Waals surface area (Å²) < 4.78 is 1.04. The molecule has 0 spiro atoms. The minimum Gasteiger partial charge on any atom is -0.318 e. The lowest BCUT2D eigenvalue weighted by Crippen LogP contribution is -2.34. The maximum absolute atomic E-state index is 6.39. The summed E-state index contributed by atoms with van der Waals surface area (Å²) in [6.45, 7) is 1.99. The smallest absolute Gasteiger partial charge is 0.0656 e. The minimum atomic E-state index is -0.524. The first-order valence-corrected chi connectivity index (χ1v) is 6.90. The van der Waals surface area contributed by atoms with Crippen molar-refractivity contribution in [1.29, 1.82) is 0 Å². The van der Waals surface area contributed by atoms with Crippen molar-refractivity contribution in [3.8, 4) is 0 Å². The molecule has 0 saturated heterocycles. The third-order valence-electron chi connectivity index (χ3n) is 2.60. The van der Waals surface area contributed by atoms with Gasteiger partial charge in [-0.25, -0.2) is 0 Å². The van der Waals surface area contributed by atoms with Gasteiger partial charge in [-0.05, 0) is 45.9 Å². The highest BCUT2D eigenvalue weighted by Gasteiger charge is 2.26. The van der Waals surface area contributed by atoms with Crippen molar-refractivity contribution in [1.82, 2.24) is 0 Å². The number of benzene rings is 1. The van der Waals surface area contributed by atoms with E-state index in [1.54, 1.807) is 11.3 Å². The van der Waals surface area contributed by atoms with E-state index in [0.717, 1.165) is 15.6 Å². The SMILES string of the molecule is CC(N)(c1cccc(Cl)c1)c1cscc1Br. The van der Waals surface area contributed by atoms with Gasteiger partial charge in [0.15, 0.2) is 0 Å². The molecule has 0 radical (unpaired) electrons. The highest BCUT2D eigenvalue weighted by Crippen LogP contribution is 2.35. The van der Waals surface area contributed by atoms with Crippen LogP contribution in [0.5, 0.6) is 0 Å². The second-order valence-corrected chi connectivity index (χ2v) is 5.88. The van der Waals surface area contributed by atoms with Crippen molar-refractivity contribution >= 4 is 38.9 Å². The summed E-state index contributed by atoms with van der Waals surface area (Å²) in [6, 6.07) is 7.68. The Morgan fingerprint density at radius 3 is 2.69 bits per heavy atom. The van der Waals surface area contributed by atoms with Gasteiger partial charge in [-0.15, -0.1) is 0 Å². The van der Waals surface area contributed by atoms with E-state index < -0.39 is 5.54 Å². The maximum Gasteiger partial charge on any atom is 0.0656 e. The van der Waals surface area contributed by atoms with Crippen LogP contribution in [0.1, 0.15) is 18.1 Å². The van der Waals surface area contributed by atoms with Crippen LogP contribution in [0, 0.1) is 0 Å². The topological polar surface area (TPSA) is 26.0 Å². The molecule has 0 fully saturated rings. The molecule has 2 aromatic rings. The molecule has 1 nitrogen and oxygen atoms in total. The summed E-state index contributed by atoms with van der Waals surface area (Å²) in [5.74, 6) is 0. The summed E-state index contributed by atoms with van der Waals surface area (Å²) in [6.07, 6.45) is 0. The molecule has 1 aromatic carbocycles. The molecule has 84 valence electrons. The van der Waals surface area contributed by atoms with E-state index >= 15 is 0 Å². The number of rotatable bonds is 2. The Balaban J connectivity index is 2.51. The molecule has 16 heavy (non-hydrogen) atoms. The number of nitrogens with two attached hydrogens (primary N) is 1. The van der Waals surface area contributed by atoms with E-state index in [1.165, 1.54) is 0 Å². The van der Waals surface area contributed by atoms with Crippen LogP contribution in [0.2, 0.25) is 5.02 Å². The van der Waals surface area contributed by atoms with E-state index in [9.17, 15) is 0 Å². The van der Waals surface area contributed by atoms with Crippen molar-refractivity contribution in [2.24, 2.45) is 5.73 Å². The Labute approximate surface area is 112 Å². The summed E-state index contributed by atoms with van der Waals surface area (Å²) in [5.41, 5.74) is 7.96. The Hall–Kier alpha value is -0.350. The number of hydrogen-bond acceptors (Lipinski definition) is 2. The van der Waals surface area contributed by atoms with Gasteiger partial charge in [0.25, 0.3) is 0 Å². The summed E-state index contributed by atoms with van der Waals surface area (Å²) in [5, 5.41) is 4.80. The fourth-order valence-electron chi connectivity index (χ4n) is 1.62. The van der Waals surface area contributed by atoms with Crippen molar-refractivity contribution in [2.75, 3.05) is 0 Å². The van der Waals surface area contributed by atoms with E-state index in [4.69, 9.17) is 17.3 Å². The molecule has 1 aromatic heterocycles. The third kappa shape index (κ3) is 2.18. The Morgan fingerprint density at radius 1 is 1.38 bits per heavy atom. The predicted molar refractivity (Wildman–Crippen MR) is 74.1 cm³/mol. The number of thiophene rings is 1. The van der Waals surface area contributed by atoms with Crippen molar-refractivity contribution < 1.29 is 0 Å². The Morgan fingerprint density at radius 2 is 2.12 bits per heavy atom. The first-order valence-electron chi connectivity index (χ1n) is 4.79. The summed E-state index contributed by atoms with van der Waals surface area (Å²) >= 11 is 11.1. The molecule has 0 bridgehead atoms. The molecule has 0 aliphatic carbocycles. The van der Waals surface area contributed by atoms with Crippen LogP contribution in [0.4, 0.5) is 0 Å². The average Bonchev–Trinajstić information content (AvgIpc) is 2.65. The van der Waals surface area contributed by atoms with Crippen LogP contribution in [-0.4, -0.2) is 0 Å². The van der Waals surface area contributed by atoms with Crippen LogP contribution in [0.3, 0.4) is 0 Å². The first kappa shape index (κ1) is 12.1. The van der Waals surface area contributed by atoms with Crippen LogP contribution in [0.25, 0.3) is 0 Å². The second-order valence-electron chi connectivity index (χ2n) is 3.85. The third-order valence-corrected chi connectivity index (χ3v) is 4.54. The molecule has 0 saturated carbocycles. The average molecular weight is 317 g/mol.